The van der Waals surface area contributed by atoms with Crippen LogP contribution in [0.2, 0.25) is 0 Å². The van der Waals surface area contributed by atoms with Gasteiger partial charge in [-0.1, -0.05) is 6.92 Å². The smallest absolute Gasteiger partial charge is 0.263 e. The van der Waals surface area contributed by atoms with Crippen LogP contribution in [-0.2, 0) is 17.6 Å². The number of amides is 1. The number of morpholine rings is 1. The largest absolute Gasteiger partial charge is 0.397 e. The number of ether oxygens (including phenoxy) is 1. The average Bonchev–Trinajstić information content (AvgIpc) is 2.97. The standard InChI is InChI=1S/C19H26N4O2S/c1-12-2-3-15-13(10-12)11-14-16(20)17(26-19(14)22-15)18(24)21-4-5-23-6-8-25-9-7-23/h11-12H,2-10,20H2,1H3,(H,21,24). The maximum atomic E-state index is 12.6. The van der Waals surface area contributed by atoms with E-state index in [4.69, 9.17) is 15.5 Å². The molecular weight excluding hydrogens is 348 g/mol. The molecule has 2 aromatic rings. The number of nitrogens with two attached hydrogens (primary N) is 1. The molecule has 1 aliphatic heterocycles. The van der Waals surface area contributed by atoms with Crippen LogP contribution in [0.3, 0.4) is 0 Å². The van der Waals surface area contributed by atoms with Crippen molar-refractivity contribution in [3.05, 3.63) is 22.2 Å². The van der Waals surface area contributed by atoms with Gasteiger partial charge in [0.2, 0.25) is 0 Å². The molecule has 2 aliphatic rings. The van der Waals surface area contributed by atoms with E-state index in [0.29, 0.717) is 23.0 Å². The third kappa shape index (κ3) is 3.56. The van der Waals surface area contributed by atoms with Gasteiger partial charge in [-0.2, -0.15) is 0 Å². The van der Waals surface area contributed by atoms with Gasteiger partial charge >= 0.3 is 0 Å². The highest BCUT2D eigenvalue weighted by molar-refractivity contribution is 7.21. The minimum absolute atomic E-state index is 0.0925. The van der Waals surface area contributed by atoms with Gasteiger partial charge in [-0.3, -0.25) is 9.69 Å². The summed E-state index contributed by atoms with van der Waals surface area (Å²) in [6.07, 6.45) is 3.25. The van der Waals surface area contributed by atoms with Gasteiger partial charge in [0.15, 0.2) is 0 Å². The van der Waals surface area contributed by atoms with Gasteiger partial charge < -0.3 is 15.8 Å². The molecule has 0 saturated carbocycles. The molecule has 140 valence electrons. The molecule has 2 aromatic heterocycles. The van der Waals surface area contributed by atoms with E-state index >= 15 is 0 Å². The molecule has 3 heterocycles. The van der Waals surface area contributed by atoms with Gasteiger partial charge in [0.25, 0.3) is 5.91 Å². The zero-order valence-electron chi connectivity index (χ0n) is 15.2. The predicted octanol–water partition coefficient (Wildman–Crippen LogP) is 2.07. The molecule has 4 rings (SSSR count). The van der Waals surface area contributed by atoms with E-state index in [1.165, 1.54) is 29.0 Å². The fourth-order valence-corrected chi connectivity index (χ4v) is 4.79. The van der Waals surface area contributed by atoms with Crippen molar-refractivity contribution in [2.45, 2.75) is 26.2 Å². The van der Waals surface area contributed by atoms with Crippen molar-refractivity contribution < 1.29 is 9.53 Å². The number of anilines is 1. The number of fused-ring (bicyclic) bond motifs is 2. The van der Waals surface area contributed by atoms with Crippen molar-refractivity contribution >= 4 is 33.1 Å². The molecular formula is C19H26N4O2S. The molecule has 1 fully saturated rings. The van der Waals surface area contributed by atoms with E-state index in [1.807, 2.05) is 0 Å². The lowest BCUT2D eigenvalue weighted by Gasteiger charge is -2.26. The van der Waals surface area contributed by atoms with Crippen LogP contribution in [0, 0.1) is 5.92 Å². The molecule has 0 bridgehead atoms. The summed E-state index contributed by atoms with van der Waals surface area (Å²) in [5.41, 5.74) is 9.35. The van der Waals surface area contributed by atoms with Crippen LogP contribution in [0.5, 0.6) is 0 Å². The highest BCUT2D eigenvalue weighted by atomic mass is 32.1. The van der Waals surface area contributed by atoms with Crippen LogP contribution in [0.4, 0.5) is 5.69 Å². The van der Waals surface area contributed by atoms with Crippen LogP contribution < -0.4 is 11.1 Å². The minimum Gasteiger partial charge on any atom is -0.397 e. The maximum absolute atomic E-state index is 12.6. The van der Waals surface area contributed by atoms with Gasteiger partial charge in [0.1, 0.15) is 9.71 Å². The minimum atomic E-state index is -0.0925. The molecule has 7 heteroatoms. The molecule has 6 nitrogen and oxygen atoms in total. The lowest BCUT2D eigenvalue weighted by Crippen LogP contribution is -2.41. The summed E-state index contributed by atoms with van der Waals surface area (Å²) in [4.78, 5) is 21.2. The summed E-state index contributed by atoms with van der Waals surface area (Å²) in [6.45, 7) is 7.12. The van der Waals surface area contributed by atoms with Crippen LogP contribution >= 0.6 is 11.3 Å². The van der Waals surface area contributed by atoms with Gasteiger partial charge in [0.05, 0.1) is 18.9 Å². The molecule has 26 heavy (non-hydrogen) atoms. The SMILES string of the molecule is CC1CCc2nc3sc(C(=O)NCCN4CCOCC4)c(N)c3cc2C1. The first-order valence-corrected chi connectivity index (χ1v) is 10.2. The van der Waals surface area contributed by atoms with Gasteiger partial charge in [-0.05, 0) is 36.8 Å². The number of hydrogen-bond donors (Lipinski definition) is 2. The molecule has 1 amide bonds. The van der Waals surface area contributed by atoms with E-state index < -0.39 is 0 Å². The Kier molecular flexibility index (Phi) is 5.11. The summed E-state index contributed by atoms with van der Waals surface area (Å²) in [7, 11) is 0. The monoisotopic (exact) mass is 374 g/mol. The van der Waals surface area contributed by atoms with Crippen LogP contribution in [0.15, 0.2) is 6.07 Å². The number of hydrogen-bond acceptors (Lipinski definition) is 6. The first-order chi connectivity index (χ1) is 12.6. The topological polar surface area (TPSA) is 80.5 Å². The number of carbonyl (C=O) groups is 1. The van der Waals surface area contributed by atoms with Crippen molar-refractivity contribution in [3.63, 3.8) is 0 Å². The molecule has 1 saturated heterocycles. The highest BCUT2D eigenvalue weighted by Gasteiger charge is 2.22. The average molecular weight is 375 g/mol. The number of rotatable bonds is 4. The third-order valence-electron chi connectivity index (χ3n) is 5.36. The number of aryl methyl sites for hydroxylation is 1. The second kappa shape index (κ2) is 7.50. The molecule has 0 spiro atoms. The number of nitrogens with one attached hydrogen (secondary N) is 1. The van der Waals surface area contributed by atoms with E-state index in [1.54, 1.807) is 0 Å². The normalized spacial score (nSPS) is 20.9. The Balaban J connectivity index is 1.47. The third-order valence-corrected chi connectivity index (χ3v) is 6.47. The summed E-state index contributed by atoms with van der Waals surface area (Å²) in [5.74, 6) is 0.592. The molecule has 1 unspecified atom stereocenters. The van der Waals surface area contributed by atoms with Crippen molar-refractivity contribution in [3.8, 4) is 0 Å². The maximum Gasteiger partial charge on any atom is 0.263 e. The summed E-state index contributed by atoms with van der Waals surface area (Å²) in [6, 6.07) is 2.16. The van der Waals surface area contributed by atoms with E-state index in [0.717, 1.165) is 55.9 Å². The van der Waals surface area contributed by atoms with Crippen molar-refractivity contribution in [2.75, 3.05) is 45.1 Å². The first kappa shape index (κ1) is 17.7. The van der Waals surface area contributed by atoms with Crippen LogP contribution in [0.1, 0.15) is 34.3 Å². The molecule has 0 aromatic carbocycles. The van der Waals surface area contributed by atoms with Crippen LogP contribution in [0.25, 0.3) is 10.2 Å². The van der Waals surface area contributed by atoms with Crippen molar-refractivity contribution in [1.82, 2.24) is 15.2 Å². The second-order valence-electron chi connectivity index (χ2n) is 7.35. The van der Waals surface area contributed by atoms with Gasteiger partial charge in [-0.25, -0.2) is 4.98 Å². The zero-order chi connectivity index (χ0) is 18.1. The first-order valence-electron chi connectivity index (χ1n) is 9.41. The summed E-state index contributed by atoms with van der Waals surface area (Å²) < 4.78 is 5.34. The quantitative estimate of drug-likeness (QED) is 0.856. The Morgan fingerprint density at radius 2 is 2.27 bits per heavy atom. The number of nitrogens with zero attached hydrogens (tertiary/aromatic N) is 2. The number of thiophene rings is 1. The number of nitrogen functional groups attached to an aromatic ring is 1. The lowest BCUT2D eigenvalue weighted by molar-refractivity contribution is 0.0383. The summed E-state index contributed by atoms with van der Waals surface area (Å²) in [5, 5.41) is 3.94. The van der Waals surface area contributed by atoms with E-state index in [9.17, 15) is 4.79 Å². The van der Waals surface area contributed by atoms with Crippen molar-refractivity contribution in [2.24, 2.45) is 5.92 Å². The Morgan fingerprint density at radius 3 is 3.08 bits per heavy atom. The Bertz CT molecular complexity index is 813. The van der Waals surface area contributed by atoms with Crippen molar-refractivity contribution in [1.29, 1.82) is 0 Å². The van der Waals surface area contributed by atoms with E-state index in [2.05, 4.69) is 23.2 Å². The predicted molar refractivity (Wildman–Crippen MR) is 105 cm³/mol. The zero-order valence-corrected chi connectivity index (χ0v) is 16.0. The molecule has 1 atom stereocenters. The number of aromatic nitrogens is 1. The summed E-state index contributed by atoms with van der Waals surface area (Å²) >= 11 is 1.41. The Hall–Kier alpha value is -1.70. The molecule has 1 aliphatic carbocycles. The van der Waals surface area contributed by atoms with Gasteiger partial charge in [-0.15, -0.1) is 11.3 Å². The van der Waals surface area contributed by atoms with E-state index in [-0.39, 0.29) is 5.91 Å². The fourth-order valence-electron chi connectivity index (χ4n) is 3.77. The Labute approximate surface area is 157 Å². The number of carbonyl (C=O) groups excluding carboxylic acids is 1. The molecule has 0 radical (unpaired) electrons. The van der Waals surface area contributed by atoms with Crippen LogP contribution in [-0.4, -0.2) is 55.2 Å². The Morgan fingerprint density at radius 1 is 1.46 bits per heavy atom. The molecule has 3 N–H and O–H groups in total. The highest BCUT2D eigenvalue weighted by Crippen LogP contribution is 2.36. The second-order valence-corrected chi connectivity index (χ2v) is 8.35. The lowest BCUT2D eigenvalue weighted by atomic mass is 9.87. The fraction of sp³-hybridized carbons (Fsp3) is 0.579. The number of pyridine rings is 1. The van der Waals surface area contributed by atoms with Gasteiger partial charge in [0, 0.05) is 37.3 Å².